The van der Waals surface area contributed by atoms with Gasteiger partial charge in [0.2, 0.25) is 0 Å². The summed E-state index contributed by atoms with van der Waals surface area (Å²) < 4.78 is 5.28. The molecule has 2 rings (SSSR count). The summed E-state index contributed by atoms with van der Waals surface area (Å²) in [4.78, 5) is 2.56. The first-order valence-corrected chi connectivity index (χ1v) is 6.19. The fourth-order valence-corrected chi connectivity index (χ4v) is 2.52. The third kappa shape index (κ3) is 2.56. The highest BCUT2D eigenvalue weighted by atomic mass is 16.5. The molecule has 1 heterocycles. The molecule has 0 unspecified atom stereocenters. The van der Waals surface area contributed by atoms with Gasteiger partial charge in [-0.25, -0.2) is 0 Å². The molecule has 0 aliphatic carbocycles. The molecular weight excluding hydrogens is 198 g/mol. The summed E-state index contributed by atoms with van der Waals surface area (Å²) in [5.74, 6) is 1.67. The van der Waals surface area contributed by atoms with Crippen molar-refractivity contribution in [1.82, 2.24) is 4.90 Å². The maximum absolute atomic E-state index is 5.28. The Morgan fingerprint density at radius 3 is 3.06 bits per heavy atom. The van der Waals surface area contributed by atoms with Crippen molar-refractivity contribution in [2.75, 3.05) is 26.7 Å². The molecule has 2 nitrogen and oxygen atoms in total. The van der Waals surface area contributed by atoms with Gasteiger partial charge in [-0.3, -0.25) is 0 Å². The Balaban J connectivity index is 2.02. The molecule has 88 valence electrons. The summed E-state index contributed by atoms with van der Waals surface area (Å²) in [6, 6.07) is 8.52. The van der Waals surface area contributed by atoms with Crippen LogP contribution in [0.15, 0.2) is 24.3 Å². The lowest BCUT2D eigenvalue weighted by Gasteiger charge is -2.15. The maximum atomic E-state index is 5.28. The normalized spacial score (nSPS) is 21.2. The SMILES string of the molecule is CCCN1CC[C@H](c2cccc(OC)c2)C1. The van der Waals surface area contributed by atoms with Gasteiger partial charge in [-0.2, -0.15) is 0 Å². The van der Waals surface area contributed by atoms with Gasteiger partial charge in [0.1, 0.15) is 5.75 Å². The van der Waals surface area contributed by atoms with Crippen LogP contribution >= 0.6 is 0 Å². The highest BCUT2D eigenvalue weighted by molar-refractivity contribution is 5.31. The minimum atomic E-state index is 0.696. The molecule has 0 radical (unpaired) electrons. The van der Waals surface area contributed by atoms with E-state index in [9.17, 15) is 0 Å². The second-order valence-corrected chi connectivity index (χ2v) is 4.56. The minimum Gasteiger partial charge on any atom is -0.497 e. The van der Waals surface area contributed by atoms with Crippen molar-refractivity contribution in [3.05, 3.63) is 29.8 Å². The van der Waals surface area contributed by atoms with Gasteiger partial charge in [0, 0.05) is 6.54 Å². The average molecular weight is 219 g/mol. The summed E-state index contributed by atoms with van der Waals surface area (Å²) in [6.45, 7) is 5.94. The topological polar surface area (TPSA) is 12.5 Å². The Morgan fingerprint density at radius 2 is 2.31 bits per heavy atom. The molecule has 1 saturated heterocycles. The molecule has 0 bridgehead atoms. The molecule has 1 aliphatic heterocycles. The van der Waals surface area contributed by atoms with Crippen molar-refractivity contribution in [3.63, 3.8) is 0 Å². The Morgan fingerprint density at radius 1 is 1.44 bits per heavy atom. The van der Waals surface area contributed by atoms with Crippen LogP contribution in [-0.2, 0) is 0 Å². The van der Waals surface area contributed by atoms with E-state index in [0.29, 0.717) is 5.92 Å². The minimum absolute atomic E-state index is 0.696. The monoisotopic (exact) mass is 219 g/mol. The molecule has 0 amide bonds. The van der Waals surface area contributed by atoms with E-state index in [1.54, 1.807) is 7.11 Å². The number of rotatable bonds is 4. The maximum Gasteiger partial charge on any atom is 0.119 e. The zero-order valence-corrected chi connectivity index (χ0v) is 10.3. The summed E-state index contributed by atoms with van der Waals surface area (Å²) in [7, 11) is 1.73. The summed E-state index contributed by atoms with van der Waals surface area (Å²) in [5.41, 5.74) is 1.43. The van der Waals surface area contributed by atoms with Crippen molar-refractivity contribution < 1.29 is 4.74 Å². The molecule has 0 saturated carbocycles. The van der Waals surface area contributed by atoms with Gasteiger partial charge in [0.15, 0.2) is 0 Å². The van der Waals surface area contributed by atoms with Crippen LogP contribution in [0.5, 0.6) is 5.75 Å². The number of methoxy groups -OCH3 is 1. The van der Waals surface area contributed by atoms with E-state index in [2.05, 4.69) is 30.0 Å². The number of ether oxygens (including phenoxy) is 1. The first kappa shape index (κ1) is 11.5. The standard InChI is InChI=1S/C14H21NO/c1-3-8-15-9-7-13(11-15)12-5-4-6-14(10-12)16-2/h4-6,10,13H,3,7-9,11H2,1-2H3/t13-/m0/s1. The van der Waals surface area contributed by atoms with Gasteiger partial charge in [0.25, 0.3) is 0 Å². The van der Waals surface area contributed by atoms with E-state index in [4.69, 9.17) is 4.74 Å². The molecule has 0 N–H and O–H groups in total. The number of nitrogens with zero attached hydrogens (tertiary/aromatic N) is 1. The highest BCUT2D eigenvalue weighted by Crippen LogP contribution is 2.29. The molecule has 0 aromatic heterocycles. The molecule has 1 fully saturated rings. The van der Waals surface area contributed by atoms with E-state index in [1.807, 2.05) is 6.07 Å². The van der Waals surface area contributed by atoms with E-state index in [0.717, 1.165) is 5.75 Å². The van der Waals surface area contributed by atoms with Gasteiger partial charge >= 0.3 is 0 Å². The highest BCUT2D eigenvalue weighted by Gasteiger charge is 2.23. The Kier molecular flexibility index (Phi) is 3.83. The Bertz CT molecular complexity index is 337. The molecule has 16 heavy (non-hydrogen) atoms. The van der Waals surface area contributed by atoms with E-state index in [-0.39, 0.29) is 0 Å². The molecule has 1 aromatic carbocycles. The van der Waals surface area contributed by atoms with Crippen molar-refractivity contribution in [3.8, 4) is 5.75 Å². The zero-order valence-electron chi connectivity index (χ0n) is 10.3. The van der Waals surface area contributed by atoms with Gasteiger partial charge in [-0.05, 0) is 49.5 Å². The quantitative estimate of drug-likeness (QED) is 0.772. The first-order chi connectivity index (χ1) is 7.83. The van der Waals surface area contributed by atoms with Gasteiger partial charge in [0.05, 0.1) is 7.11 Å². The van der Waals surface area contributed by atoms with Crippen molar-refractivity contribution in [1.29, 1.82) is 0 Å². The lowest BCUT2D eigenvalue weighted by Crippen LogP contribution is -2.20. The average Bonchev–Trinajstić information content (AvgIpc) is 2.78. The van der Waals surface area contributed by atoms with Crippen LogP contribution in [0.2, 0.25) is 0 Å². The second-order valence-electron chi connectivity index (χ2n) is 4.56. The lowest BCUT2D eigenvalue weighted by molar-refractivity contribution is 0.335. The summed E-state index contributed by atoms with van der Waals surface area (Å²) in [5, 5.41) is 0. The first-order valence-electron chi connectivity index (χ1n) is 6.19. The number of hydrogen-bond acceptors (Lipinski definition) is 2. The zero-order chi connectivity index (χ0) is 11.4. The Hall–Kier alpha value is -1.02. The van der Waals surface area contributed by atoms with Crippen molar-refractivity contribution in [2.45, 2.75) is 25.7 Å². The van der Waals surface area contributed by atoms with Gasteiger partial charge in [-0.1, -0.05) is 19.1 Å². The fraction of sp³-hybridized carbons (Fsp3) is 0.571. The van der Waals surface area contributed by atoms with Crippen LogP contribution in [0.1, 0.15) is 31.2 Å². The Labute approximate surface area is 98.2 Å². The summed E-state index contributed by atoms with van der Waals surface area (Å²) >= 11 is 0. The molecule has 2 heteroatoms. The summed E-state index contributed by atoms with van der Waals surface area (Å²) in [6.07, 6.45) is 2.54. The van der Waals surface area contributed by atoms with Crippen molar-refractivity contribution >= 4 is 0 Å². The van der Waals surface area contributed by atoms with Crippen LogP contribution < -0.4 is 4.74 Å². The van der Waals surface area contributed by atoms with Gasteiger partial charge in [-0.15, -0.1) is 0 Å². The second kappa shape index (κ2) is 5.35. The molecular formula is C14H21NO. The largest absolute Gasteiger partial charge is 0.497 e. The molecule has 1 aliphatic rings. The molecule has 1 aromatic rings. The van der Waals surface area contributed by atoms with Crippen LogP contribution in [0, 0.1) is 0 Å². The number of hydrogen-bond donors (Lipinski definition) is 0. The number of benzene rings is 1. The third-order valence-corrected chi connectivity index (χ3v) is 3.38. The van der Waals surface area contributed by atoms with Crippen molar-refractivity contribution in [2.24, 2.45) is 0 Å². The third-order valence-electron chi connectivity index (χ3n) is 3.38. The van der Waals surface area contributed by atoms with Crippen LogP contribution in [-0.4, -0.2) is 31.6 Å². The van der Waals surface area contributed by atoms with Crippen LogP contribution in [0.25, 0.3) is 0 Å². The van der Waals surface area contributed by atoms with E-state index in [1.165, 1.54) is 38.0 Å². The van der Waals surface area contributed by atoms with Gasteiger partial charge < -0.3 is 9.64 Å². The number of likely N-dealkylation sites (tertiary alicyclic amines) is 1. The fourth-order valence-electron chi connectivity index (χ4n) is 2.52. The molecule has 0 spiro atoms. The predicted molar refractivity (Wildman–Crippen MR) is 67.1 cm³/mol. The van der Waals surface area contributed by atoms with Crippen LogP contribution in [0.3, 0.4) is 0 Å². The van der Waals surface area contributed by atoms with E-state index < -0.39 is 0 Å². The lowest BCUT2D eigenvalue weighted by atomic mass is 9.98. The molecule has 1 atom stereocenters. The van der Waals surface area contributed by atoms with E-state index >= 15 is 0 Å². The smallest absolute Gasteiger partial charge is 0.119 e. The van der Waals surface area contributed by atoms with Crippen LogP contribution in [0.4, 0.5) is 0 Å². The predicted octanol–water partition coefficient (Wildman–Crippen LogP) is 2.89.